The number of carbonyl (C=O) groups excluding carboxylic acids is 2. The zero-order valence-corrected chi connectivity index (χ0v) is 19.1. The van der Waals surface area contributed by atoms with Crippen LogP contribution in [0.4, 0.5) is 5.82 Å². The summed E-state index contributed by atoms with van der Waals surface area (Å²) in [6.07, 6.45) is 4.09. The van der Waals surface area contributed by atoms with E-state index in [2.05, 4.69) is 25.7 Å². The second-order valence-corrected chi connectivity index (χ2v) is 9.21. The molecule has 170 valence electrons. The Hall–Kier alpha value is -2.81. The maximum absolute atomic E-state index is 12.4. The van der Waals surface area contributed by atoms with Crippen molar-refractivity contribution in [2.24, 2.45) is 5.92 Å². The molecule has 32 heavy (non-hydrogen) atoms. The molecule has 4 rings (SSSR count). The molecule has 2 aromatic rings. The van der Waals surface area contributed by atoms with Crippen LogP contribution in [0.3, 0.4) is 0 Å². The largest absolute Gasteiger partial charge is 0.497 e. The van der Waals surface area contributed by atoms with Gasteiger partial charge in [-0.3, -0.25) is 9.59 Å². The summed E-state index contributed by atoms with van der Waals surface area (Å²) >= 11 is 1.36. The van der Waals surface area contributed by atoms with Gasteiger partial charge in [-0.2, -0.15) is 0 Å². The van der Waals surface area contributed by atoms with Crippen molar-refractivity contribution in [3.8, 4) is 5.75 Å². The first-order valence-corrected chi connectivity index (χ1v) is 12.0. The number of hydrogen-bond donors (Lipinski definition) is 2. The standard InChI is InChI=1S/C23H29N5O3S/c1-31-19-8-4-16(5-9-19)13-24-21(29)15-32-22-11-10-20(26-27-22)28-12-2-3-17(14-28)23(30)25-18-6-7-18/h4-5,8-11,17-18H,2-3,6-7,12-15H2,1H3,(H,24,29)(H,25,30)/t17-/m1/s1. The van der Waals surface area contributed by atoms with Gasteiger partial charge in [0.05, 0.1) is 18.8 Å². The third-order valence-corrected chi connectivity index (χ3v) is 6.59. The summed E-state index contributed by atoms with van der Waals surface area (Å²) in [5, 5.41) is 15.3. The van der Waals surface area contributed by atoms with Crippen LogP contribution in [0.25, 0.3) is 0 Å². The van der Waals surface area contributed by atoms with Crippen molar-refractivity contribution in [1.82, 2.24) is 20.8 Å². The Morgan fingerprint density at radius 3 is 2.62 bits per heavy atom. The van der Waals surface area contributed by atoms with E-state index >= 15 is 0 Å². The molecule has 0 bridgehead atoms. The molecular weight excluding hydrogens is 426 g/mol. The minimum Gasteiger partial charge on any atom is -0.497 e. The molecule has 2 aliphatic rings. The number of piperidine rings is 1. The lowest BCUT2D eigenvalue weighted by atomic mass is 9.97. The topological polar surface area (TPSA) is 96.5 Å². The normalized spacial score (nSPS) is 18.2. The molecule has 1 aromatic carbocycles. The molecule has 1 aromatic heterocycles. The Morgan fingerprint density at radius 1 is 1.12 bits per heavy atom. The summed E-state index contributed by atoms with van der Waals surface area (Å²) < 4.78 is 5.14. The van der Waals surface area contributed by atoms with E-state index in [1.54, 1.807) is 7.11 Å². The molecule has 2 amide bonds. The molecule has 0 radical (unpaired) electrons. The number of ether oxygens (including phenoxy) is 1. The summed E-state index contributed by atoms with van der Waals surface area (Å²) in [4.78, 5) is 26.7. The Kier molecular flexibility index (Phi) is 7.47. The fraction of sp³-hybridized carbons (Fsp3) is 0.478. The van der Waals surface area contributed by atoms with Gasteiger partial charge in [-0.15, -0.1) is 10.2 Å². The number of anilines is 1. The molecule has 2 N–H and O–H groups in total. The summed E-state index contributed by atoms with van der Waals surface area (Å²) in [6.45, 7) is 2.02. The van der Waals surface area contributed by atoms with Crippen molar-refractivity contribution >= 4 is 29.4 Å². The lowest BCUT2D eigenvalue weighted by molar-refractivity contribution is -0.125. The van der Waals surface area contributed by atoms with Crippen LogP contribution in [-0.4, -0.2) is 54.0 Å². The Morgan fingerprint density at radius 2 is 1.94 bits per heavy atom. The number of hydrogen-bond acceptors (Lipinski definition) is 7. The van der Waals surface area contributed by atoms with Gasteiger partial charge in [0.1, 0.15) is 10.8 Å². The molecule has 2 fully saturated rings. The molecule has 1 saturated carbocycles. The second-order valence-electron chi connectivity index (χ2n) is 8.21. The van der Waals surface area contributed by atoms with Crippen LogP contribution in [0, 0.1) is 5.92 Å². The van der Waals surface area contributed by atoms with Gasteiger partial charge in [0.2, 0.25) is 11.8 Å². The van der Waals surface area contributed by atoms with Gasteiger partial charge in [0.25, 0.3) is 0 Å². The monoisotopic (exact) mass is 455 g/mol. The number of methoxy groups -OCH3 is 1. The van der Waals surface area contributed by atoms with Crippen LogP contribution in [0.1, 0.15) is 31.2 Å². The van der Waals surface area contributed by atoms with Gasteiger partial charge in [-0.25, -0.2) is 0 Å². The molecule has 1 atom stereocenters. The van der Waals surface area contributed by atoms with Gasteiger partial charge >= 0.3 is 0 Å². The first kappa shape index (κ1) is 22.4. The number of benzene rings is 1. The quantitative estimate of drug-likeness (QED) is 0.561. The van der Waals surface area contributed by atoms with Crippen molar-refractivity contribution in [3.63, 3.8) is 0 Å². The third kappa shape index (κ3) is 6.35. The summed E-state index contributed by atoms with van der Waals surface area (Å²) in [5.74, 6) is 1.96. The van der Waals surface area contributed by atoms with Crippen LogP contribution in [0.15, 0.2) is 41.4 Å². The predicted molar refractivity (Wildman–Crippen MR) is 124 cm³/mol. The fourth-order valence-corrected chi connectivity index (χ4v) is 4.28. The van der Waals surface area contributed by atoms with Crippen molar-refractivity contribution in [1.29, 1.82) is 0 Å². The van der Waals surface area contributed by atoms with Crippen LogP contribution < -0.4 is 20.3 Å². The van der Waals surface area contributed by atoms with Gasteiger partial charge in [0, 0.05) is 25.7 Å². The van der Waals surface area contributed by atoms with E-state index < -0.39 is 0 Å². The van der Waals surface area contributed by atoms with E-state index in [4.69, 9.17) is 4.74 Å². The number of amides is 2. The highest BCUT2D eigenvalue weighted by molar-refractivity contribution is 7.99. The lowest BCUT2D eigenvalue weighted by Crippen LogP contribution is -2.44. The molecule has 0 spiro atoms. The lowest BCUT2D eigenvalue weighted by Gasteiger charge is -2.32. The molecule has 8 nitrogen and oxygen atoms in total. The van der Waals surface area contributed by atoms with E-state index in [0.29, 0.717) is 24.2 Å². The SMILES string of the molecule is COc1ccc(CNC(=O)CSc2ccc(N3CCC[C@@H](C(=O)NC4CC4)C3)nn2)cc1. The van der Waals surface area contributed by atoms with Crippen molar-refractivity contribution in [2.45, 2.75) is 43.3 Å². The maximum atomic E-state index is 12.4. The predicted octanol–water partition coefficient (Wildman–Crippen LogP) is 2.39. The minimum atomic E-state index is -0.0581. The second kappa shape index (κ2) is 10.7. The highest BCUT2D eigenvalue weighted by atomic mass is 32.2. The van der Waals surface area contributed by atoms with Gasteiger partial charge in [0.15, 0.2) is 5.82 Å². The molecule has 9 heteroatoms. The summed E-state index contributed by atoms with van der Waals surface area (Å²) in [5.41, 5.74) is 1.01. The summed E-state index contributed by atoms with van der Waals surface area (Å²) in [7, 11) is 1.63. The smallest absolute Gasteiger partial charge is 0.230 e. The van der Waals surface area contributed by atoms with Crippen molar-refractivity contribution in [2.75, 3.05) is 30.9 Å². The number of nitrogens with one attached hydrogen (secondary N) is 2. The van der Waals surface area contributed by atoms with Crippen LogP contribution in [0.5, 0.6) is 5.75 Å². The third-order valence-electron chi connectivity index (χ3n) is 5.67. The Bertz CT molecular complexity index is 918. The first-order chi connectivity index (χ1) is 15.6. The highest BCUT2D eigenvalue weighted by Crippen LogP contribution is 2.25. The van der Waals surface area contributed by atoms with Gasteiger partial charge in [-0.1, -0.05) is 23.9 Å². The van der Waals surface area contributed by atoms with E-state index in [-0.39, 0.29) is 23.5 Å². The molecule has 1 aliphatic carbocycles. The van der Waals surface area contributed by atoms with Crippen LogP contribution in [0.2, 0.25) is 0 Å². The fourth-order valence-electron chi connectivity index (χ4n) is 3.64. The van der Waals surface area contributed by atoms with Crippen LogP contribution >= 0.6 is 11.8 Å². The van der Waals surface area contributed by atoms with E-state index in [1.165, 1.54) is 11.8 Å². The van der Waals surface area contributed by atoms with Crippen LogP contribution in [-0.2, 0) is 16.1 Å². The molecule has 0 unspecified atom stereocenters. The Labute approximate surface area is 192 Å². The summed E-state index contributed by atoms with van der Waals surface area (Å²) in [6, 6.07) is 11.8. The number of rotatable bonds is 9. The average Bonchev–Trinajstić information content (AvgIpc) is 3.66. The molecule has 1 saturated heterocycles. The number of carbonyl (C=O) groups is 2. The maximum Gasteiger partial charge on any atom is 0.230 e. The van der Waals surface area contributed by atoms with Gasteiger partial charge in [-0.05, 0) is 55.5 Å². The highest BCUT2D eigenvalue weighted by Gasteiger charge is 2.30. The Balaban J connectivity index is 1.21. The number of aromatic nitrogens is 2. The van der Waals surface area contributed by atoms with Crippen molar-refractivity contribution < 1.29 is 14.3 Å². The number of nitrogens with zero attached hydrogens (tertiary/aromatic N) is 3. The van der Waals surface area contributed by atoms with E-state index in [0.717, 1.165) is 49.4 Å². The van der Waals surface area contributed by atoms with E-state index in [1.807, 2.05) is 36.4 Å². The minimum absolute atomic E-state index is 0.00889. The first-order valence-electron chi connectivity index (χ1n) is 11.0. The van der Waals surface area contributed by atoms with E-state index in [9.17, 15) is 9.59 Å². The molecular formula is C23H29N5O3S. The zero-order valence-electron chi connectivity index (χ0n) is 18.3. The zero-order chi connectivity index (χ0) is 22.3. The van der Waals surface area contributed by atoms with Crippen molar-refractivity contribution in [3.05, 3.63) is 42.0 Å². The molecule has 2 heterocycles. The average molecular weight is 456 g/mol. The molecule has 1 aliphatic heterocycles. The van der Waals surface area contributed by atoms with Gasteiger partial charge < -0.3 is 20.3 Å². The number of thioether (sulfide) groups is 1.